The first-order valence-corrected chi connectivity index (χ1v) is 10.6. The Morgan fingerprint density at radius 2 is 2.23 bits per heavy atom. The number of aryl methyl sites for hydroxylation is 2. The van der Waals surface area contributed by atoms with Crippen molar-refractivity contribution in [3.63, 3.8) is 0 Å². The summed E-state index contributed by atoms with van der Waals surface area (Å²) in [5.41, 5.74) is 9.68. The van der Waals surface area contributed by atoms with Crippen LogP contribution in [0, 0.1) is 13.8 Å². The summed E-state index contributed by atoms with van der Waals surface area (Å²) in [6, 6.07) is 3.50. The summed E-state index contributed by atoms with van der Waals surface area (Å²) in [5.74, 6) is -0.298. The first-order valence-electron chi connectivity index (χ1n) is 9.69. The lowest BCUT2D eigenvalue weighted by Gasteiger charge is -2.18. The maximum Gasteiger partial charge on any atom is 0.252 e. The van der Waals surface area contributed by atoms with Crippen LogP contribution < -0.4 is 10.5 Å². The Morgan fingerprint density at radius 1 is 1.43 bits per heavy atom. The van der Waals surface area contributed by atoms with Crippen LogP contribution in [0.2, 0.25) is 0 Å². The lowest BCUT2D eigenvalue weighted by atomic mass is 9.91. The predicted octanol–water partition coefficient (Wildman–Crippen LogP) is 2.49. The largest absolute Gasteiger partial charge is 0.488 e. The molecule has 0 aliphatic carbocycles. The molecule has 2 aromatic heterocycles. The molecule has 1 saturated heterocycles. The number of hydrogen-bond donors (Lipinski definition) is 2. The zero-order valence-corrected chi connectivity index (χ0v) is 17.6. The van der Waals surface area contributed by atoms with E-state index in [1.165, 1.54) is 11.3 Å². The molecule has 1 unspecified atom stereocenters. The number of furan rings is 1. The number of likely N-dealkylation sites (tertiary alicyclic amines) is 1. The van der Waals surface area contributed by atoms with Gasteiger partial charge >= 0.3 is 0 Å². The summed E-state index contributed by atoms with van der Waals surface area (Å²) < 4.78 is 11.9. The molecule has 3 aromatic rings. The minimum absolute atomic E-state index is 0.103. The molecule has 1 atom stereocenters. The molecule has 1 aromatic carbocycles. The van der Waals surface area contributed by atoms with Crippen LogP contribution in [0.3, 0.4) is 0 Å². The van der Waals surface area contributed by atoms with E-state index in [0.29, 0.717) is 47.6 Å². The van der Waals surface area contributed by atoms with Crippen LogP contribution in [0.25, 0.3) is 11.0 Å². The SMILES string of the molecule is Cc1ncsc1COc1ccc2oc(C)c(C(N)=O)c2c1C1CCN(CCO)C1=O. The molecule has 1 aliphatic rings. The van der Waals surface area contributed by atoms with Crippen molar-refractivity contribution in [3.8, 4) is 5.75 Å². The molecule has 0 saturated carbocycles. The number of rotatable bonds is 7. The van der Waals surface area contributed by atoms with Gasteiger partial charge in [-0.15, -0.1) is 11.3 Å². The van der Waals surface area contributed by atoms with Gasteiger partial charge < -0.3 is 24.9 Å². The number of primary amides is 1. The molecule has 3 N–H and O–H groups in total. The zero-order chi connectivity index (χ0) is 21.4. The number of nitrogens with two attached hydrogens (primary N) is 1. The van der Waals surface area contributed by atoms with Crippen molar-refractivity contribution in [2.24, 2.45) is 5.73 Å². The Labute approximate surface area is 177 Å². The number of β-amino-alcohol motifs (C(OH)–C–C–N with tert-alkyl or cyclic N) is 1. The van der Waals surface area contributed by atoms with E-state index in [9.17, 15) is 14.7 Å². The van der Waals surface area contributed by atoms with Crippen molar-refractivity contribution in [2.75, 3.05) is 19.7 Å². The van der Waals surface area contributed by atoms with Gasteiger partial charge in [-0.25, -0.2) is 4.98 Å². The fourth-order valence-corrected chi connectivity index (χ4v) is 4.73. The zero-order valence-electron chi connectivity index (χ0n) is 16.8. The van der Waals surface area contributed by atoms with Gasteiger partial charge in [-0.2, -0.15) is 0 Å². The van der Waals surface area contributed by atoms with Crippen LogP contribution in [0.1, 0.15) is 44.6 Å². The number of aliphatic hydroxyl groups excluding tert-OH is 1. The lowest BCUT2D eigenvalue weighted by Crippen LogP contribution is -2.29. The third-order valence-electron chi connectivity index (χ3n) is 5.50. The van der Waals surface area contributed by atoms with Gasteiger partial charge in [-0.05, 0) is 32.4 Å². The average molecular weight is 429 g/mol. The molecule has 1 fully saturated rings. The highest BCUT2D eigenvalue weighted by molar-refractivity contribution is 7.09. The van der Waals surface area contributed by atoms with Crippen molar-refractivity contribution < 1.29 is 23.8 Å². The highest BCUT2D eigenvalue weighted by Crippen LogP contribution is 2.43. The van der Waals surface area contributed by atoms with E-state index in [-0.39, 0.29) is 24.6 Å². The number of fused-ring (bicyclic) bond motifs is 1. The number of aliphatic hydroxyl groups is 1. The van der Waals surface area contributed by atoms with Gasteiger partial charge in [-0.1, -0.05) is 0 Å². The third kappa shape index (κ3) is 3.44. The Morgan fingerprint density at radius 3 is 2.90 bits per heavy atom. The molecule has 3 heterocycles. The summed E-state index contributed by atoms with van der Waals surface area (Å²) in [6.07, 6.45) is 0.552. The van der Waals surface area contributed by atoms with Crippen molar-refractivity contribution in [2.45, 2.75) is 32.8 Å². The molecule has 0 spiro atoms. The van der Waals surface area contributed by atoms with Crippen molar-refractivity contribution in [3.05, 3.63) is 45.1 Å². The highest BCUT2D eigenvalue weighted by atomic mass is 32.1. The second-order valence-corrected chi connectivity index (χ2v) is 8.23. The molecular weight excluding hydrogens is 406 g/mol. The van der Waals surface area contributed by atoms with Crippen LogP contribution in [0.15, 0.2) is 22.1 Å². The standard InChI is InChI=1S/C21H23N3O5S/c1-11-16(30-10-23-11)9-28-14-3-4-15-19(17(20(22)26)12(2)29-15)18(14)13-5-6-24(7-8-25)21(13)27/h3-4,10,13,25H,5-9H2,1-2H3,(H2,22,26). The lowest BCUT2D eigenvalue weighted by molar-refractivity contribution is -0.129. The number of ether oxygens (including phenoxy) is 1. The second kappa shape index (κ2) is 8.08. The summed E-state index contributed by atoms with van der Waals surface area (Å²) in [7, 11) is 0. The van der Waals surface area contributed by atoms with Crippen LogP contribution in [0.5, 0.6) is 5.75 Å². The van der Waals surface area contributed by atoms with E-state index in [2.05, 4.69) is 4.98 Å². The fraction of sp³-hybridized carbons (Fsp3) is 0.381. The predicted molar refractivity (Wildman–Crippen MR) is 112 cm³/mol. The highest BCUT2D eigenvalue weighted by Gasteiger charge is 2.37. The smallest absolute Gasteiger partial charge is 0.252 e. The Bertz CT molecular complexity index is 1120. The van der Waals surface area contributed by atoms with E-state index in [1.54, 1.807) is 29.5 Å². The minimum Gasteiger partial charge on any atom is -0.488 e. The Hall–Kier alpha value is -2.91. The van der Waals surface area contributed by atoms with Crippen LogP contribution >= 0.6 is 11.3 Å². The van der Waals surface area contributed by atoms with Gasteiger partial charge in [0.25, 0.3) is 5.91 Å². The molecule has 9 heteroatoms. The van der Waals surface area contributed by atoms with Gasteiger partial charge in [0.15, 0.2) is 0 Å². The van der Waals surface area contributed by atoms with Crippen LogP contribution in [-0.4, -0.2) is 46.5 Å². The molecule has 8 nitrogen and oxygen atoms in total. The van der Waals surface area contributed by atoms with Crippen LogP contribution in [0.4, 0.5) is 0 Å². The van der Waals surface area contributed by atoms with Gasteiger partial charge in [-0.3, -0.25) is 9.59 Å². The topological polar surface area (TPSA) is 119 Å². The number of thiazole rings is 1. The molecule has 1 aliphatic heterocycles. The number of amides is 2. The van der Waals surface area contributed by atoms with E-state index >= 15 is 0 Å². The van der Waals surface area contributed by atoms with Gasteiger partial charge in [0.1, 0.15) is 23.7 Å². The number of aromatic nitrogens is 1. The molecule has 158 valence electrons. The van der Waals surface area contributed by atoms with Crippen LogP contribution in [-0.2, 0) is 11.4 Å². The summed E-state index contributed by atoms with van der Waals surface area (Å²) >= 11 is 1.50. The summed E-state index contributed by atoms with van der Waals surface area (Å²) in [6.45, 7) is 4.59. The fourth-order valence-electron chi connectivity index (χ4n) is 4.04. The van der Waals surface area contributed by atoms with Gasteiger partial charge in [0.2, 0.25) is 5.91 Å². The second-order valence-electron chi connectivity index (χ2n) is 7.29. The molecule has 2 amide bonds. The Kier molecular flexibility index (Phi) is 5.48. The van der Waals surface area contributed by atoms with Crippen molar-refractivity contribution >= 4 is 34.1 Å². The number of carbonyl (C=O) groups excluding carboxylic acids is 2. The molecule has 30 heavy (non-hydrogen) atoms. The minimum atomic E-state index is -0.611. The number of benzene rings is 1. The first kappa shape index (κ1) is 20.4. The molecule has 0 radical (unpaired) electrons. The summed E-state index contributed by atoms with van der Waals surface area (Å²) in [4.78, 5) is 32.1. The summed E-state index contributed by atoms with van der Waals surface area (Å²) in [5, 5.41) is 9.79. The molecular formula is C21H23N3O5S. The van der Waals surface area contributed by atoms with E-state index in [0.717, 1.165) is 10.6 Å². The van der Waals surface area contributed by atoms with E-state index in [4.69, 9.17) is 14.9 Å². The Balaban J connectivity index is 1.83. The first-order chi connectivity index (χ1) is 14.4. The van der Waals surface area contributed by atoms with Gasteiger partial charge in [0.05, 0.1) is 34.2 Å². The monoisotopic (exact) mass is 429 g/mol. The average Bonchev–Trinajstić information content (AvgIpc) is 3.37. The maximum atomic E-state index is 13.1. The van der Waals surface area contributed by atoms with E-state index in [1.807, 2.05) is 6.92 Å². The third-order valence-corrected chi connectivity index (χ3v) is 6.41. The number of carbonyl (C=O) groups is 2. The van der Waals surface area contributed by atoms with Crippen molar-refractivity contribution in [1.82, 2.24) is 9.88 Å². The number of hydrogen-bond acceptors (Lipinski definition) is 7. The number of nitrogens with zero attached hydrogens (tertiary/aromatic N) is 2. The van der Waals surface area contributed by atoms with E-state index < -0.39 is 11.8 Å². The van der Waals surface area contributed by atoms with Crippen molar-refractivity contribution in [1.29, 1.82) is 0 Å². The quantitative estimate of drug-likeness (QED) is 0.596. The molecule has 4 rings (SSSR count). The van der Waals surface area contributed by atoms with Gasteiger partial charge in [0, 0.05) is 24.0 Å². The molecule has 0 bridgehead atoms. The normalized spacial score (nSPS) is 16.6. The maximum absolute atomic E-state index is 13.1.